The molecule has 7 nitrogen and oxygen atoms in total. The maximum Gasteiger partial charge on any atom is 0.264 e. The highest BCUT2D eigenvalue weighted by molar-refractivity contribution is 7.92. The molecule has 4 aromatic carbocycles. The van der Waals surface area contributed by atoms with E-state index in [-0.39, 0.29) is 23.8 Å². The molecule has 0 bridgehead atoms. The predicted octanol–water partition coefficient (Wildman–Crippen LogP) is 5.67. The molecule has 2 amide bonds. The van der Waals surface area contributed by atoms with E-state index in [0.29, 0.717) is 17.8 Å². The number of amides is 2. The van der Waals surface area contributed by atoms with E-state index in [0.717, 1.165) is 27.4 Å². The zero-order valence-corrected chi connectivity index (χ0v) is 25.8. The standard InChI is InChI=1S/C35H39N3O4S/c1-4-23-36-35(40)33(24-29-14-7-5-8-15-29)37(25-30-16-9-6-10-17-30)34(39)26-38(32-18-12-11-13-28(32)3)43(41,42)31-21-19-27(2)20-22-31/h5-22,33H,4,23-26H2,1-3H3,(H,36,40)/t33-/m0/s1. The quantitative estimate of drug-likeness (QED) is 0.215. The lowest BCUT2D eigenvalue weighted by Gasteiger charge is -2.34. The zero-order chi connectivity index (χ0) is 30.8. The molecular weight excluding hydrogens is 558 g/mol. The summed E-state index contributed by atoms with van der Waals surface area (Å²) < 4.78 is 29.4. The Balaban J connectivity index is 1.79. The number of hydrogen-bond donors (Lipinski definition) is 1. The molecule has 0 saturated carbocycles. The number of nitrogens with one attached hydrogen (secondary N) is 1. The molecular formula is C35H39N3O4S. The average Bonchev–Trinajstić information content (AvgIpc) is 3.02. The minimum Gasteiger partial charge on any atom is -0.354 e. The number of aryl methyl sites for hydroxylation is 2. The molecule has 1 N–H and O–H groups in total. The smallest absolute Gasteiger partial charge is 0.264 e. The fourth-order valence-electron chi connectivity index (χ4n) is 4.89. The Morgan fingerprint density at radius 2 is 1.35 bits per heavy atom. The first kappa shape index (κ1) is 31.5. The Kier molecular flexibility index (Phi) is 10.7. The van der Waals surface area contributed by atoms with Crippen molar-refractivity contribution < 1.29 is 18.0 Å². The first-order valence-corrected chi connectivity index (χ1v) is 15.9. The lowest BCUT2D eigenvalue weighted by atomic mass is 10.0. The van der Waals surface area contributed by atoms with Crippen LogP contribution in [0.2, 0.25) is 0 Å². The maximum atomic E-state index is 14.4. The van der Waals surface area contributed by atoms with Crippen LogP contribution in [0.3, 0.4) is 0 Å². The molecule has 0 radical (unpaired) electrons. The van der Waals surface area contributed by atoms with Gasteiger partial charge in [0.2, 0.25) is 11.8 Å². The molecule has 0 fully saturated rings. The number of carbonyl (C=O) groups is 2. The van der Waals surface area contributed by atoms with Gasteiger partial charge in [0.15, 0.2) is 0 Å². The van der Waals surface area contributed by atoms with Crippen molar-refractivity contribution in [3.63, 3.8) is 0 Å². The van der Waals surface area contributed by atoms with Crippen molar-refractivity contribution in [2.24, 2.45) is 0 Å². The van der Waals surface area contributed by atoms with Crippen LogP contribution in [0.4, 0.5) is 5.69 Å². The van der Waals surface area contributed by atoms with E-state index in [1.165, 1.54) is 4.90 Å². The largest absolute Gasteiger partial charge is 0.354 e. The molecule has 0 aliphatic carbocycles. The lowest BCUT2D eigenvalue weighted by molar-refractivity contribution is -0.140. The number of nitrogens with zero attached hydrogens (tertiary/aromatic N) is 2. The second-order valence-electron chi connectivity index (χ2n) is 10.6. The highest BCUT2D eigenvalue weighted by Gasteiger charge is 2.34. The lowest BCUT2D eigenvalue weighted by Crippen LogP contribution is -2.53. The van der Waals surface area contributed by atoms with Gasteiger partial charge in [0.05, 0.1) is 10.6 Å². The van der Waals surface area contributed by atoms with E-state index in [4.69, 9.17) is 0 Å². The first-order chi connectivity index (χ1) is 20.7. The Morgan fingerprint density at radius 3 is 1.95 bits per heavy atom. The Labute approximate surface area is 255 Å². The van der Waals surface area contributed by atoms with Gasteiger partial charge in [0.1, 0.15) is 12.6 Å². The number of rotatable bonds is 13. The van der Waals surface area contributed by atoms with E-state index >= 15 is 0 Å². The molecule has 4 rings (SSSR count). The Bertz CT molecular complexity index is 1610. The fourth-order valence-corrected chi connectivity index (χ4v) is 6.37. The van der Waals surface area contributed by atoms with Crippen LogP contribution in [0.1, 0.15) is 35.6 Å². The third kappa shape index (κ3) is 8.11. The first-order valence-electron chi connectivity index (χ1n) is 14.5. The van der Waals surface area contributed by atoms with Crippen molar-refractivity contribution in [1.82, 2.24) is 10.2 Å². The zero-order valence-electron chi connectivity index (χ0n) is 24.9. The Hall–Kier alpha value is -4.43. The van der Waals surface area contributed by atoms with Crippen molar-refractivity contribution in [3.05, 3.63) is 131 Å². The van der Waals surface area contributed by atoms with Gasteiger partial charge < -0.3 is 10.2 Å². The Morgan fingerprint density at radius 1 is 0.767 bits per heavy atom. The summed E-state index contributed by atoms with van der Waals surface area (Å²) in [4.78, 5) is 29.7. The van der Waals surface area contributed by atoms with E-state index in [1.807, 2.05) is 93.6 Å². The molecule has 0 aliphatic heterocycles. The SMILES string of the molecule is CCCNC(=O)[C@H](Cc1ccccc1)N(Cc1ccccc1)C(=O)CN(c1ccccc1C)S(=O)(=O)c1ccc(C)cc1. The number of carbonyl (C=O) groups excluding carboxylic acids is 2. The number of para-hydroxylation sites is 1. The van der Waals surface area contributed by atoms with Crippen molar-refractivity contribution in [2.75, 3.05) is 17.4 Å². The van der Waals surface area contributed by atoms with Crippen LogP contribution in [0.5, 0.6) is 0 Å². The van der Waals surface area contributed by atoms with Gasteiger partial charge in [0.25, 0.3) is 10.0 Å². The molecule has 1 atom stereocenters. The van der Waals surface area contributed by atoms with Gasteiger partial charge in [-0.3, -0.25) is 13.9 Å². The number of anilines is 1. The molecule has 0 aliphatic rings. The summed E-state index contributed by atoms with van der Waals surface area (Å²) in [5.41, 5.74) is 3.77. The number of sulfonamides is 1. The predicted molar refractivity (Wildman–Crippen MR) is 171 cm³/mol. The molecule has 0 heterocycles. The summed E-state index contributed by atoms with van der Waals surface area (Å²) in [6.45, 7) is 5.81. The third-order valence-corrected chi connectivity index (χ3v) is 9.06. The van der Waals surface area contributed by atoms with Crippen LogP contribution in [0.15, 0.2) is 114 Å². The second-order valence-corrected chi connectivity index (χ2v) is 12.5. The van der Waals surface area contributed by atoms with Gasteiger partial charge in [-0.1, -0.05) is 103 Å². The van der Waals surface area contributed by atoms with Crippen molar-refractivity contribution in [1.29, 1.82) is 0 Å². The summed E-state index contributed by atoms with van der Waals surface area (Å²) in [6.07, 6.45) is 1.02. The van der Waals surface area contributed by atoms with Crippen molar-refractivity contribution in [3.8, 4) is 0 Å². The molecule has 0 spiro atoms. The van der Waals surface area contributed by atoms with Crippen molar-refractivity contribution in [2.45, 2.75) is 51.1 Å². The normalized spacial score (nSPS) is 11.9. The van der Waals surface area contributed by atoms with Gasteiger partial charge >= 0.3 is 0 Å². The summed E-state index contributed by atoms with van der Waals surface area (Å²) in [5, 5.41) is 2.96. The molecule has 0 unspecified atom stereocenters. The molecule has 0 aromatic heterocycles. The highest BCUT2D eigenvalue weighted by Crippen LogP contribution is 2.28. The molecule has 43 heavy (non-hydrogen) atoms. The highest BCUT2D eigenvalue weighted by atomic mass is 32.2. The summed E-state index contributed by atoms with van der Waals surface area (Å²) in [7, 11) is -4.13. The van der Waals surface area contributed by atoms with Crippen LogP contribution in [-0.2, 0) is 32.6 Å². The molecule has 224 valence electrons. The summed E-state index contributed by atoms with van der Waals surface area (Å²) >= 11 is 0. The maximum absolute atomic E-state index is 14.4. The minimum atomic E-state index is -4.13. The van der Waals surface area contributed by atoms with Crippen LogP contribution >= 0.6 is 0 Å². The van der Waals surface area contributed by atoms with Gasteiger partial charge in [-0.15, -0.1) is 0 Å². The van der Waals surface area contributed by atoms with Crippen molar-refractivity contribution >= 4 is 27.5 Å². The van der Waals surface area contributed by atoms with E-state index in [1.54, 1.807) is 36.4 Å². The third-order valence-electron chi connectivity index (χ3n) is 7.29. The van der Waals surface area contributed by atoms with Gasteiger partial charge in [-0.2, -0.15) is 0 Å². The molecule has 8 heteroatoms. The van der Waals surface area contributed by atoms with Crippen LogP contribution < -0.4 is 9.62 Å². The van der Waals surface area contributed by atoms with E-state index < -0.39 is 28.5 Å². The van der Waals surface area contributed by atoms with E-state index in [2.05, 4.69) is 5.32 Å². The van der Waals surface area contributed by atoms with Crippen LogP contribution in [0.25, 0.3) is 0 Å². The van der Waals surface area contributed by atoms with Gasteiger partial charge in [0, 0.05) is 19.5 Å². The minimum absolute atomic E-state index is 0.0882. The number of hydrogen-bond acceptors (Lipinski definition) is 4. The second kappa shape index (κ2) is 14.6. The fraction of sp³-hybridized carbons (Fsp3) is 0.257. The van der Waals surface area contributed by atoms with Crippen LogP contribution in [-0.4, -0.2) is 44.3 Å². The monoisotopic (exact) mass is 597 g/mol. The van der Waals surface area contributed by atoms with Crippen LogP contribution in [0, 0.1) is 13.8 Å². The summed E-state index contributed by atoms with van der Waals surface area (Å²) in [6, 6.07) is 31.8. The summed E-state index contributed by atoms with van der Waals surface area (Å²) in [5.74, 6) is -0.755. The van der Waals surface area contributed by atoms with Gasteiger partial charge in [-0.25, -0.2) is 8.42 Å². The van der Waals surface area contributed by atoms with Gasteiger partial charge in [-0.05, 0) is 55.2 Å². The number of benzene rings is 4. The topological polar surface area (TPSA) is 86.8 Å². The molecule has 0 saturated heterocycles. The van der Waals surface area contributed by atoms with E-state index in [9.17, 15) is 18.0 Å². The average molecular weight is 598 g/mol. The molecule has 4 aromatic rings.